The van der Waals surface area contributed by atoms with Gasteiger partial charge < -0.3 is 19.5 Å². The molecule has 7 nitrogen and oxygen atoms in total. The number of esters is 2. The molecule has 1 N–H and O–H groups in total. The Morgan fingerprint density at radius 1 is 0.623 bits per heavy atom. The molecule has 0 amide bonds. The van der Waals surface area contributed by atoms with Crippen molar-refractivity contribution in [2.75, 3.05) is 27.2 Å². The molecule has 0 bridgehead atoms. The third-order valence-electron chi connectivity index (χ3n) is 10.8. The molecule has 0 aromatic heterocycles. The zero-order valence-corrected chi connectivity index (χ0v) is 35.0. The molecule has 0 aliphatic carbocycles. The predicted octanol–water partition coefficient (Wildman–Crippen LogP) is 12.3. The molecule has 1 atom stereocenters. The van der Waals surface area contributed by atoms with Gasteiger partial charge in [0.25, 0.3) is 0 Å². The van der Waals surface area contributed by atoms with Gasteiger partial charge in [-0.25, -0.2) is 0 Å². The average molecular weight is 744 g/mol. The fourth-order valence-corrected chi connectivity index (χ4v) is 7.71. The summed E-state index contributed by atoms with van der Waals surface area (Å²) in [6.07, 6.45) is 28.0. The van der Waals surface area contributed by atoms with Crippen molar-refractivity contribution in [1.29, 1.82) is 0 Å². The predicted molar refractivity (Wildman–Crippen MR) is 220 cm³/mol. The number of ether oxygens (including phenoxy) is 2. The van der Waals surface area contributed by atoms with E-state index in [1.54, 1.807) is 0 Å². The first kappa shape index (κ1) is 48.6. The summed E-state index contributed by atoms with van der Waals surface area (Å²) in [6.45, 7) is 7.85. The molecule has 0 heterocycles. The van der Waals surface area contributed by atoms with Gasteiger partial charge in [-0.15, -0.1) is 0 Å². The minimum Gasteiger partial charge on any atom is -0.481 e. The average Bonchev–Trinajstić information content (AvgIpc) is 3.13. The molecule has 0 spiro atoms. The molecule has 0 saturated carbocycles. The van der Waals surface area contributed by atoms with E-state index < -0.39 is 11.4 Å². The maximum Gasteiger partial charge on any atom is 0.311 e. The van der Waals surface area contributed by atoms with Crippen molar-refractivity contribution >= 4 is 17.9 Å². The summed E-state index contributed by atoms with van der Waals surface area (Å²) in [4.78, 5) is 39.9. The van der Waals surface area contributed by atoms with Crippen LogP contribution in [0.3, 0.4) is 0 Å². The highest BCUT2D eigenvalue weighted by atomic mass is 16.5. The largest absolute Gasteiger partial charge is 0.481 e. The number of hydrogen-bond donors (Lipinski definition) is 1. The molecule has 53 heavy (non-hydrogen) atoms. The van der Waals surface area contributed by atoms with Crippen LogP contribution >= 0.6 is 0 Å². The van der Waals surface area contributed by atoms with E-state index in [1.165, 1.54) is 83.5 Å². The van der Waals surface area contributed by atoms with Crippen molar-refractivity contribution in [3.8, 4) is 0 Å². The fourth-order valence-electron chi connectivity index (χ4n) is 7.71. The molecule has 0 radical (unpaired) electrons. The summed E-state index contributed by atoms with van der Waals surface area (Å²) in [5, 5.41) is 11.0. The number of nitrogens with zero attached hydrogens (tertiary/aromatic N) is 1. The van der Waals surface area contributed by atoms with Crippen LogP contribution in [0.4, 0.5) is 0 Å². The van der Waals surface area contributed by atoms with Gasteiger partial charge in [-0.3, -0.25) is 14.4 Å². The van der Waals surface area contributed by atoms with Crippen LogP contribution < -0.4 is 0 Å². The van der Waals surface area contributed by atoms with E-state index in [0.717, 1.165) is 81.8 Å². The van der Waals surface area contributed by atoms with E-state index >= 15 is 0 Å². The quantitative estimate of drug-likeness (QED) is 0.0540. The van der Waals surface area contributed by atoms with Crippen LogP contribution in [0.2, 0.25) is 0 Å². The minimum atomic E-state index is -0.888. The molecule has 0 fully saturated rings. The summed E-state index contributed by atoms with van der Waals surface area (Å²) >= 11 is 0. The Balaban J connectivity index is 2.69. The second-order valence-corrected chi connectivity index (χ2v) is 16.1. The Hall–Kier alpha value is -2.41. The van der Waals surface area contributed by atoms with Gasteiger partial charge in [0.05, 0.1) is 12.0 Å². The Morgan fingerprint density at radius 2 is 1.08 bits per heavy atom. The zero-order chi connectivity index (χ0) is 39.0. The van der Waals surface area contributed by atoms with Crippen LogP contribution in [-0.4, -0.2) is 55.2 Å². The summed E-state index contributed by atoms with van der Waals surface area (Å²) in [5.41, 5.74) is 1.01. The molecule has 306 valence electrons. The van der Waals surface area contributed by atoms with Gasteiger partial charge in [0, 0.05) is 19.4 Å². The van der Waals surface area contributed by atoms with E-state index in [2.05, 4.69) is 25.7 Å². The first-order valence-electron chi connectivity index (χ1n) is 22.0. The Morgan fingerprint density at radius 3 is 1.58 bits per heavy atom. The molecular formula is C46H81NO6. The molecule has 7 heteroatoms. The van der Waals surface area contributed by atoms with Gasteiger partial charge in [-0.1, -0.05) is 167 Å². The van der Waals surface area contributed by atoms with Crippen LogP contribution in [0.5, 0.6) is 0 Å². The van der Waals surface area contributed by atoms with E-state index in [4.69, 9.17) is 9.47 Å². The van der Waals surface area contributed by atoms with Crippen molar-refractivity contribution in [3.05, 3.63) is 35.4 Å². The number of carbonyl (C=O) groups is 3. The van der Waals surface area contributed by atoms with Crippen LogP contribution in [0.25, 0.3) is 0 Å². The lowest BCUT2D eigenvalue weighted by molar-refractivity contribution is -0.154. The molecule has 1 aromatic carbocycles. The highest BCUT2D eigenvalue weighted by Gasteiger charge is 2.45. The van der Waals surface area contributed by atoms with Gasteiger partial charge in [0.1, 0.15) is 6.61 Å². The number of unbranched alkanes of at least 4 members (excludes halogenated alkanes) is 18. The number of carboxylic acids is 1. The van der Waals surface area contributed by atoms with Crippen LogP contribution in [0.1, 0.15) is 199 Å². The van der Waals surface area contributed by atoms with Gasteiger partial charge in [-0.2, -0.15) is 0 Å². The van der Waals surface area contributed by atoms with Crippen molar-refractivity contribution < 1.29 is 29.0 Å². The highest BCUT2D eigenvalue weighted by Crippen LogP contribution is 2.40. The second kappa shape index (κ2) is 31.9. The molecule has 1 rings (SSSR count). The van der Waals surface area contributed by atoms with Gasteiger partial charge in [0.15, 0.2) is 0 Å². The van der Waals surface area contributed by atoms with E-state index in [1.807, 2.05) is 38.4 Å². The first-order valence-corrected chi connectivity index (χ1v) is 22.0. The van der Waals surface area contributed by atoms with E-state index in [-0.39, 0.29) is 24.5 Å². The zero-order valence-electron chi connectivity index (χ0n) is 35.0. The third-order valence-corrected chi connectivity index (χ3v) is 10.8. The Labute approximate surface area is 325 Å². The lowest BCUT2D eigenvalue weighted by atomic mass is 9.67. The summed E-state index contributed by atoms with van der Waals surface area (Å²) in [5.74, 6) is -0.880. The lowest BCUT2D eigenvalue weighted by Gasteiger charge is -2.40. The highest BCUT2D eigenvalue weighted by molar-refractivity contribution is 5.76. The number of rotatable bonds is 36. The van der Waals surface area contributed by atoms with Crippen LogP contribution in [0, 0.1) is 11.3 Å². The van der Waals surface area contributed by atoms with Crippen molar-refractivity contribution in [1.82, 2.24) is 4.90 Å². The second-order valence-electron chi connectivity index (χ2n) is 16.1. The molecular weight excluding hydrogens is 663 g/mol. The molecule has 1 unspecified atom stereocenters. The van der Waals surface area contributed by atoms with Gasteiger partial charge in [0.2, 0.25) is 0 Å². The smallest absolute Gasteiger partial charge is 0.311 e. The fraction of sp³-hybridized carbons (Fsp3) is 0.804. The Bertz CT molecular complexity index is 1060. The van der Waals surface area contributed by atoms with Crippen molar-refractivity contribution in [2.45, 2.75) is 201 Å². The maximum absolute atomic E-state index is 13.4. The number of hydrogen-bond acceptors (Lipinski definition) is 6. The van der Waals surface area contributed by atoms with E-state index in [0.29, 0.717) is 32.4 Å². The monoisotopic (exact) mass is 744 g/mol. The van der Waals surface area contributed by atoms with Gasteiger partial charge in [-0.05, 0) is 69.7 Å². The molecule has 0 aliphatic heterocycles. The maximum atomic E-state index is 13.4. The lowest BCUT2D eigenvalue weighted by Crippen LogP contribution is -2.48. The number of benzene rings is 1. The summed E-state index contributed by atoms with van der Waals surface area (Å²) in [7, 11) is 3.99. The Kier molecular flexibility index (Phi) is 29.3. The number of carbonyl (C=O) groups excluding carboxylic acids is 2. The molecule has 0 aliphatic rings. The van der Waals surface area contributed by atoms with Crippen molar-refractivity contribution in [3.63, 3.8) is 0 Å². The van der Waals surface area contributed by atoms with Crippen LogP contribution in [0.15, 0.2) is 24.3 Å². The summed E-state index contributed by atoms with van der Waals surface area (Å²) < 4.78 is 11.0. The summed E-state index contributed by atoms with van der Waals surface area (Å²) in [6, 6.07) is 8.03. The number of aliphatic carboxylic acids is 1. The van der Waals surface area contributed by atoms with E-state index in [9.17, 15) is 19.5 Å². The topological polar surface area (TPSA) is 93.1 Å². The molecule has 0 saturated heterocycles. The SMILES string of the molecule is CCCCCCCCC(CCCCCCCC)C(Cc1cccc(COC(=O)CCCCCCCOC(=O)CCCCCCC)c1)(CN(C)C)C(=O)O. The molecule has 1 aromatic rings. The minimum absolute atomic E-state index is 0.0826. The normalized spacial score (nSPS) is 12.7. The van der Waals surface area contributed by atoms with Gasteiger partial charge >= 0.3 is 17.9 Å². The van der Waals surface area contributed by atoms with Crippen molar-refractivity contribution in [2.24, 2.45) is 11.3 Å². The van der Waals surface area contributed by atoms with Crippen LogP contribution in [-0.2, 0) is 36.9 Å². The first-order chi connectivity index (χ1) is 25.7. The third kappa shape index (κ3) is 23.9. The standard InChI is InChI=1S/C46H81NO6/c1-6-9-12-15-19-23-31-42(32-24-20-16-13-10-7-2)46(45(50)51,39-47(4)5)37-40-29-28-30-41(36-40)38-53-44(49)34-26-21-17-22-27-35-52-43(48)33-25-18-14-11-8-3/h28-30,36,42H,6-27,31-35,37-39H2,1-5H3,(H,50,51). The number of carboxylic acid groups (broad SMARTS) is 1.